The van der Waals surface area contributed by atoms with Gasteiger partial charge in [0.25, 0.3) is 0 Å². The lowest BCUT2D eigenvalue weighted by Gasteiger charge is -2.15. The summed E-state index contributed by atoms with van der Waals surface area (Å²) in [6.45, 7) is 2.71. The second-order valence-corrected chi connectivity index (χ2v) is 7.95. The predicted octanol–water partition coefficient (Wildman–Crippen LogP) is 5.65. The number of hydrogen-bond acceptors (Lipinski definition) is 5. The number of ether oxygens (including phenoxy) is 2. The highest BCUT2D eigenvalue weighted by molar-refractivity contribution is 9.10. The molecule has 0 bridgehead atoms. The van der Waals surface area contributed by atoms with Gasteiger partial charge >= 0.3 is 0 Å². The van der Waals surface area contributed by atoms with Crippen molar-refractivity contribution in [2.45, 2.75) is 20.1 Å². The number of nitrogens with one attached hydrogen (secondary N) is 2. The van der Waals surface area contributed by atoms with Crippen LogP contribution in [0.5, 0.6) is 11.5 Å². The van der Waals surface area contributed by atoms with Crippen LogP contribution in [0.4, 0.5) is 0 Å². The zero-order chi connectivity index (χ0) is 20.3. The Bertz CT molecular complexity index is 1050. The lowest BCUT2D eigenvalue weighted by Crippen LogP contribution is -2.16. The zero-order valence-electron chi connectivity index (χ0n) is 15.1. The summed E-state index contributed by atoms with van der Waals surface area (Å²) >= 11 is 20.8. The third-order valence-corrected chi connectivity index (χ3v) is 5.54. The minimum Gasteiger partial charge on any atom is -0.493 e. The lowest BCUT2D eigenvalue weighted by molar-refractivity contribution is 0.282. The van der Waals surface area contributed by atoms with E-state index in [1.807, 2.05) is 25.1 Å². The smallest absolute Gasteiger partial charge is 0.214 e. The van der Waals surface area contributed by atoms with Gasteiger partial charge in [0.2, 0.25) is 4.77 Å². The molecule has 0 fully saturated rings. The summed E-state index contributed by atoms with van der Waals surface area (Å²) in [5.74, 6) is 1.96. The molecular formula is C18H17BrCl2N4O2S. The van der Waals surface area contributed by atoms with Gasteiger partial charge in [0, 0.05) is 0 Å². The number of benzene rings is 2. The van der Waals surface area contributed by atoms with Crippen LogP contribution in [0.15, 0.2) is 34.8 Å². The number of nitrogens with zero attached hydrogens (tertiary/aromatic N) is 2. The van der Waals surface area contributed by atoms with E-state index in [0.29, 0.717) is 39.5 Å². The number of aromatic nitrogens is 3. The zero-order valence-corrected chi connectivity index (χ0v) is 19.0. The second-order valence-electron chi connectivity index (χ2n) is 5.89. The SMILES string of the molecule is COc1cc(CNn2c(C)n[nH]c2=S)cc(Br)c1OCc1ccc(Cl)c(Cl)c1. The highest BCUT2D eigenvalue weighted by Crippen LogP contribution is 2.37. The quantitative estimate of drug-likeness (QED) is 0.408. The molecule has 0 saturated heterocycles. The normalized spacial score (nSPS) is 10.8. The average molecular weight is 504 g/mol. The molecule has 2 N–H and O–H groups in total. The van der Waals surface area contributed by atoms with Crippen molar-refractivity contribution < 1.29 is 9.47 Å². The fourth-order valence-corrected chi connectivity index (χ4v) is 3.70. The molecule has 0 amide bonds. The highest BCUT2D eigenvalue weighted by atomic mass is 79.9. The molecule has 28 heavy (non-hydrogen) atoms. The molecule has 0 aliphatic rings. The van der Waals surface area contributed by atoms with E-state index in [4.69, 9.17) is 44.9 Å². The van der Waals surface area contributed by atoms with Gasteiger partial charge in [-0.25, -0.2) is 4.68 Å². The second kappa shape index (κ2) is 9.17. The van der Waals surface area contributed by atoms with E-state index in [9.17, 15) is 0 Å². The molecular weight excluding hydrogens is 487 g/mol. The average Bonchev–Trinajstić information content (AvgIpc) is 2.99. The minimum absolute atomic E-state index is 0.326. The van der Waals surface area contributed by atoms with Crippen molar-refractivity contribution in [1.29, 1.82) is 0 Å². The summed E-state index contributed by atoms with van der Waals surface area (Å²) in [7, 11) is 1.60. The maximum Gasteiger partial charge on any atom is 0.214 e. The van der Waals surface area contributed by atoms with Gasteiger partial charge in [-0.1, -0.05) is 29.3 Å². The number of methoxy groups -OCH3 is 1. The number of H-pyrrole nitrogens is 1. The first-order valence-corrected chi connectivity index (χ1v) is 10.2. The molecule has 10 heteroatoms. The molecule has 6 nitrogen and oxygen atoms in total. The molecule has 0 unspecified atom stereocenters. The first-order chi connectivity index (χ1) is 13.4. The molecule has 1 heterocycles. The molecule has 1 aromatic heterocycles. The number of aromatic amines is 1. The third-order valence-electron chi connectivity index (χ3n) is 3.94. The summed E-state index contributed by atoms with van der Waals surface area (Å²) in [6.07, 6.45) is 0. The van der Waals surface area contributed by atoms with E-state index in [-0.39, 0.29) is 0 Å². The summed E-state index contributed by atoms with van der Waals surface area (Å²) in [5.41, 5.74) is 5.10. The Labute approximate surface area is 185 Å². The van der Waals surface area contributed by atoms with Gasteiger partial charge in [0.15, 0.2) is 11.5 Å². The van der Waals surface area contributed by atoms with Gasteiger partial charge in [-0.15, -0.1) is 0 Å². The van der Waals surface area contributed by atoms with Crippen molar-refractivity contribution in [2.24, 2.45) is 0 Å². The van der Waals surface area contributed by atoms with Gasteiger partial charge in [-0.2, -0.15) is 5.10 Å². The molecule has 2 aromatic carbocycles. The van der Waals surface area contributed by atoms with E-state index >= 15 is 0 Å². The van der Waals surface area contributed by atoms with Crippen molar-refractivity contribution in [1.82, 2.24) is 14.9 Å². The van der Waals surface area contributed by atoms with E-state index in [0.717, 1.165) is 21.4 Å². The van der Waals surface area contributed by atoms with Gasteiger partial charge in [-0.3, -0.25) is 5.10 Å². The molecule has 0 saturated carbocycles. The van der Waals surface area contributed by atoms with Crippen molar-refractivity contribution in [3.8, 4) is 11.5 Å². The molecule has 0 spiro atoms. The van der Waals surface area contributed by atoms with Gasteiger partial charge in [0.1, 0.15) is 12.4 Å². The van der Waals surface area contributed by atoms with Crippen molar-refractivity contribution in [2.75, 3.05) is 12.5 Å². The van der Waals surface area contributed by atoms with Crippen LogP contribution in [0.1, 0.15) is 17.0 Å². The summed E-state index contributed by atoms with van der Waals surface area (Å²) in [4.78, 5) is 0. The summed E-state index contributed by atoms with van der Waals surface area (Å²) in [6, 6.07) is 9.25. The summed E-state index contributed by atoms with van der Waals surface area (Å²) in [5, 5.41) is 7.81. The fourth-order valence-electron chi connectivity index (χ4n) is 2.53. The van der Waals surface area contributed by atoms with Crippen LogP contribution in [0.25, 0.3) is 0 Å². The number of halogens is 3. The Morgan fingerprint density at radius 3 is 2.64 bits per heavy atom. The van der Waals surface area contributed by atoms with Crippen LogP contribution < -0.4 is 14.9 Å². The third kappa shape index (κ3) is 4.81. The first kappa shape index (κ1) is 21.0. The van der Waals surface area contributed by atoms with Crippen LogP contribution >= 0.6 is 51.3 Å². The molecule has 0 aliphatic heterocycles. The van der Waals surface area contributed by atoms with E-state index in [2.05, 4.69) is 31.6 Å². The molecule has 0 aliphatic carbocycles. The fraction of sp³-hybridized carbons (Fsp3) is 0.222. The van der Waals surface area contributed by atoms with Crippen LogP contribution in [0.3, 0.4) is 0 Å². The van der Waals surface area contributed by atoms with Crippen LogP contribution in [-0.2, 0) is 13.2 Å². The standard InChI is InChI=1S/C18H17BrCl2N4O2S/c1-10-23-24-18(28)25(10)22-8-12-5-13(19)17(16(7-12)26-2)27-9-11-3-4-14(20)15(21)6-11/h3-7,22H,8-9H2,1-2H3,(H,24,28). The monoisotopic (exact) mass is 502 g/mol. The highest BCUT2D eigenvalue weighted by Gasteiger charge is 2.13. The minimum atomic E-state index is 0.326. The van der Waals surface area contributed by atoms with Crippen LogP contribution in [0, 0.1) is 11.7 Å². The van der Waals surface area contributed by atoms with Crippen molar-refractivity contribution in [3.05, 3.63) is 66.6 Å². The van der Waals surface area contributed by atoms with Gasteiger partial charge < -0.3 is 14.9 Å². The number of hydrogen-bond donors (Lipinski definition) is 2. The Balaban J connectivity index is 1.75. The van der Waals surface area contributed by atoms with Gasteiger partial charge in [0.05, 0.1) is 28.2 Å². The molecule has 3 rings (SSSR count). The Kier molecular flexibility index (Phi) is 6.87. The van der Waals surface area contributed by atoms with Crippen molar-refractivity contribution in [3.63, 3.8) is 0 Å². The first-order valence-electron chi connectivity index (χ1n) is 8.20. The molecule has 0 atom stereocenters. The Morgan fingerprint density at radius 2 is 2.00 bits per heavy atom. The number of rotatable bonds is 7. The molecule has 0 radical (unpaired) electrons. The van der Waals surface area contributed by atoms with E-state index in [1.54, 1.807) is 23.9 Å². The van der Waals surface area contributed by atoms with Gasteiger partial charge in [-0.05, 0) is 70.5 Å². The number of aryl methyl sites for hydroxylation is 1. The summed E-state index contributed by atoms with van der Waals surface area (Å²) < 4.78 is 14.5. The Hall–Kier alpha value is -1.74. The largest absolute Gasteiger partial charge is 0.493 e. The molecule has 148 valence electrons. The van der Waals surface area contributed by atoms with E-state index in [1.165, 1.54) is 0 Å². The topological polar surface area (TPSA) is 64.1 Å². The van der Waals surface area contributed by atoms with Crippen LogP contribution in [-0.4, -0.2) is 22.0 Å². The van der Waals surface area contributed by atoms with E-state index < -0.39 is 0 Å². The predicted molar refractivity (Wildman–Crippen MR) is 117 cm³/mol. The lowest BCUT2D eigenvalue weighted by atomic mass is 10.2. The van der Waals surface area contributed by atoms with Crippen molar-refractivity contribution >= 4 is 51.3 Å². The Morgan fingerprint density at radius 1 is 1.21 bits per heavy atom. The van der Waals surface area contributed by atoms with Crippen LogP contribution in [0.2, 0.25) is 10.0 Å². The maximum atomic E-state index is 6.06. The maximum absolute atomic E-state index is 6.06. The molecule has 3 aromatic rings.